The number of allylic oxidation sites excluding steroid dienone is 2. The van der Waals surface area contributed by atoms with Crippen molar-refractivity contribution < 1.29 is 21.8 Å². The molecule has 1 aromatic heterocycles. The maximum absolute atomic E-state index is 9.75. The highest BCUT2D eigenvalue weighted by atomic mass is 19.5. The summed E-state index contributed by atoms with van der Waals surface area (Å²) < 4.78 is 43.1. The monoisotopic (exact) mass is 236 g/mol. The first-order valence-corrected chi connectivity index (χ1v) is 4.50. The minimum atomic E-state index is -6.00. The zero-order chi connectivity index (χ0) is 12.6. The summed E-state index contributed by atoms with van der Waals surface area (Å²) in [5.74, 6) is 0. The molecule has 0 aliphatic heterocycles. The van der Waals surface area contributed by atoms with Crippen LogP contribution in [0.1, 0.15) is 0 Å². The first kappa shape index (κ1) is 14.5. The second kappa shape index (κ2) is 6.87. The fourth-order valence-corrected chi connectivity index (χ4v) is 0.953. The number of nitrogens with zero attached hydrogens (tertiary/aromatic N) is 2. The molecule has 0 fully saturated rings. The zero-order valence-corrected chi connectivity index (χ0v) is 8.70. The largest absolute Gasteiger partial charge is 0.673 e. The van der Waals surface area contributed by atoms with Gasteiger partial charge in [0.1, 0.15) is 25.5 Å². The van der Waals surface area contributed by atoms with Crippen molar-refractivity contribution in [2.45, 2.75) is 13.1 Å². The zero-order valence-electron chi connectivity index (χ0n) is 8.70. The van der Waals surface area contributed by atoms with Crippen LogP contribution >= 0.6 is 0 Å². The topological polar surface area (TPSA) is 8.81 Å². The average Bonchev–Trinajstić information content (AvgIpc) is 2.51. The molecule has 1 aromatic rings. The molecule has 0 saturated heterocycles. The van der Waals surface area contributed by atoms with Crippen molar-refractivity contribution >= 4 is 7.25 Å². The molecular weight excluding hydrogens is 223 g/mol. The molecule has 0 saturated carbocycles. The van der Waals surface area contributed by atoms with E-state index in [0.717, 1.165) is 13.1 Å². The van der Waals surface area contributed by atoms with Crippen molar-refractivity contribution in [1.82, 2.24) is 4.57 Å². The molecule has 90 valence electrons. The number of imidazole rings is 1. The van der Waals surface area contributed by atoms with Gasteiger partial charge in [0.25, 0.3) is 0 Å². The number of rotatable bonds is 4. The number of aromatic nitrogens is 2. The summed E-state index contributed by atoms with van der Waals surface area (Å²) >= 11 is 0. The SMILES string of the molecule is C=CCn1cc[n+](CC=C)c1.F[B-](F)(F)F. The van der Waals surface area contributed by atoms with Crippen molar-refractivity contribution in [3.05, 3.63) is 44.0 Å². The fraction of sp³-hybridized carbons (Fsp3) is 0.222. The summed E-state index contributed by atoms with van der Waals surface area (Å²) in [5, 5.41) is 0. The third-order valence-electron chi connectivity index (χ3n) is 1.43. The minimum absolute atomic E-state index is 0.865. The van der Waals surface area contributed by atoms with Crippen LogP contribution in [0.5, 0.6) is 0 Å². The van der Waals surface area contributed by atoms with Crippen LogP contribution in [-0.4, -0.2) is 11.8 Å². The third kappa shape index (κ3) is 9.05. The number of hydrogen-bond acceptors (Lipinski definition) is 0. The van der Waals surface area contributed by atoms with Gasteiger partial charge < -0.3 is 17.3 Å². The maximum atomic E-state index is 9.75. The van der Waals surface area contributed by atoms with E-state index in [0.29, 0.717) is 0 Å². The molecule has 0 atom stereocenters. The van der Waals surface area contributed by atoms with Gasteiger partial charge in [0.2, 0.25) is 6.33 Å². The summed E-state index contributed by atoms with van der Waals surface area (Å²) in [4.78, 5) is 0. The Hall–Kier alpha value is -1.53. The van der Waals surface area contributed by atoms with Gasteiger partial charge in [0.05, 0.1) is 0 Å². The Balaban J connectivity index is 0.000000385. The molecular formula is C9H13BF4N2. The van der Waals surface area contributed by atoms with Crippen molar-refractivity contribution in [3.8, 4) is 0 Å². The Morgan fingerprint density at radius 3 is 2.19 bits per heavy atom. The van der Waals surface area contributed by atoms with E-state index in [9.17, 15) is 17.3 Å². The first-order chi connectivity index (χ1) is 7.36. The smallest absolute Gasteiger partial charge is 0.418 e. The summed E-state index contributed by atoms with van der Waals surface area (Å²) in [7, 11) is -6.00. The van der Waals surface area contributed by atoms with Crippen LogP contribution in [0.2, 0.25) is 0 Å². The van der Waals surface area contributed by atoms with Gasteiger partial charge in [-0.15, -0.1) is 0 Å². The van der Waals surface area contributed by atoms with Gasteiger partial charge in [-0.25, -0.2) is 9.13 Å². The van der Waals surface area contributed by atoms with E-state index in [1.54, 1.807) is 0 Å². The van der Waals surface area contributed by atoms with Crippen LogP contribution in [0.15, 0.2) is 44.0 Å². The van der Waals surface area contributed by atoms with Crippen molar-refractivity contribution in [1.29, 1.82) is 0 Å². The number of halogens is 4. The Morgan fingerprint density at radius 2 is 1.75 bits per heavy atom. The van der Waals surface area contributed by atoms with E-state index in [-0.39, 0.29) is 0 Å². The number of hydrogen-bond donors (Lipinski definition) is 0. The van der Waals surface area contributed by atoms with Crippen LogP contribution < -0.4 is 4.57 Å². The van der Waals surface area contributed by atoms with Crippen LogP contribution in [0.4, 0.5) is 17.3 Å². The quantitative estimate of drug-likeness (QED) is 0.328. The van der Waals surface area contributed by atoms with Gasteiger partial charge in [0.15, 0.2) is 0 Å². The van der Waals surface area contributed by atoms with E-state index in [1.165, 1.54) is 0 Å². The van der Waals surface area contributed by atoms with Gasteiger partial charge in [0, 0.05) is 0 Å². The first-order valence-electron chi connectivity index (χ1n) is 4.50. The maximum Gasteiger partial charge on any atom is 0.673 e. The third-order valence-corrected chi connectivity index (χ3v) is 1.43. The summed E-state index contributed by atoms with van der Waals surface area (Å²) in [6, 6.07) is 0. The highest BCUT2D eigenvalue weighted by molar-refractivity contribution is 6.50. The minimum Gasteiger partial charge on any atom is -0.418 e. The lowest BCUT2D eigenvalue weighted by Crippen LogP contribution is -2.29. The molecule has 0 spiro atoms. The Morgan fingerprint density at radius 1 is 1.19 bits per heavy atom. The second-order valence-electron chi connectivity index (χ2n) is 2.88. The molecule has 0 N–H and O–H groups in total. The van der Waals surface area contributed by atoms with Crippen LogP contribution in [0.25, 0.3) is 0 Å². The Kier molecular flexibility index (Phi) is 6.21. The van der Waals surface area contributed by atoms with E-state index in [1.807, 2.05) is 30.9 Å². The van der Waals surface area contributed by atoms with E-state index < -0.39 is 7.25 Å². The predicted octanol–water partition coefficient (Wildman–Crippen LogP) is 2.45. The normalized spacial score (nSPS) is 10.2. The molecule has 16 heavy (non-hydrogen) atoms. The highest BCUT2D eigenvalue weighted by Gasteiger charge is 2.20. The van der Waals surface area contributed by atoms with E-state index >= 15 is 0 Å². The molecule has 0 aliphatic rings. The van der Waals surface area contributed by atoms with Crippen LogP contribution in [0, 0.1) is 0 Å². The lowest BCUT2D eigenvalue weighted by molar-refractivity contribution is -0.686. The van der Waals surface area contributed by atoms with Crippen molar-refractivity contribution in [3.63, 3.8) is 0 Å². The van der Waals surface area contributed by atoms with Gasteiger partial charge in [-0.1, -0.05) is 25.3 Å². The lowest BCUT2D eigenvalue weighted by atomic mass is 10.3. The standard InChI is InChI=1S/C9H13N2.BF4/c1-3-5-10-7-8-11(9-10)6-4-2;2-1(3,4)5/h3-4,7-9H,1-2,5-6H2;/q+1;-1. The van der Waals surface area contributed by atoms with Gasteiger partial charge in [-0.2, -0.15) is 0 Å². The molecule has 1 rings (SSSR count). The molecule has 0 amide bonds. The van der Waals surface area contributed by atoms with Crippen molar-refractivity contribution in [2.24, 2.45) is 0 Å². The molecule has 0 unspecified atom stereocenters. The van der Waals surface area contributed by atoms with Crippen LogP contribution in [-0.2, 0) is 13.1 Å². The van der Waals surface area contributed by atoms with Crippen LogP contribution in [0.3, 0.4) is 0 Å². The Bertz CT molecular complexity index is 302. The second-order valence-corrected chi connectivity index (χ2v) is 2.88. The van der Waals surface area contributed by atoms with Gasteiger partial charge in [-0.3, -0.25) is 0 Å². The summed E-state index contributed by atoms with van der Waals surface area (Å²) in [6.07, 6.45) is 9.82. The van der Waals surface area contributed by atoms with Crippen molar-refractivity contribution in [2.75, 3.05) is 0 Å². The fourth-order valence-electron chi connectivity index (χ4n) is 0.953. The molecule has 7 heteroatoms. The highest BCUT2D eigenvalue weighted by Crippen LogP contribution is 2.06. The molecule has 1 heterocycles. The lowest BCUT2D eigenvalue weighted by Gasteiger charge is -1.94. The Labute approximate surface area is 91.6 Å². The molecule has 0 aliphatic carbocycles. The average molecular weight is 236 g/mol. The molecule has 0 aromatic carbocycles. The van der Waals surface area contributed by atoms with E-state index in [2.05, 4.69) is 22.3 Å². The molecule has 2 nitrogen and oxygen atoms in total. The van der Waals surface area contributed by atoms with Gasteiger partial charge >= 0.3 is 7.25 Å². The van der Waals surface area contributed by atoms with E-state index in [4.69, 9.17) is 0 Å². The summed E-state index contributed by atoms with van der Waals surface area (Å²) in [5.41, 5.74) is 0. The van der Waals surface area contributed by atoms with Gasteiger partial charge in [-0.05, 0) is 0 Å². The predicted molar refractivity (Wildman–Crippen MR) is 55.2 cm³/mol. The molecule has 0 radical (unpaired) electrons. The molecule has 0 bridgehead atoms. The summed E-state index contributed by atoms with van der Waals surface area (Å²) in [6.45, 7) is 9.05.